The number of guanidine groups is 1. The second-order valence-corrected chi connectivity index (χ2v) is 7.83. The van der Waals surface area contributed by atoms with Crippen LogP contribution in [0.4, 0.5) is 0 Å². The van der Waals surface area contributed by atoms with Crippen molar-refractivity contribution in [1.82, 2.24) is 15.5 Å². The van der Waals surface area contributed by atoms with E-state index >= 15 is 0 Å². The molecule has 0 spiro atoms. The predicted octanol–water partition coefficient (Wildman–Crippen LogP) is 3.19. The second-order valence-electron chi connectivity index (χ2n) is 7.83. The van der Waals surface area contributed by atoms with Crippen LogP contribution in [0, 0.1) is 0 Å². The summed E-state index contributed by atoms with van der Waals surface area (Å²) < 4.78 is 11.3. The standard InChI is InChI=1S/C22H36N4O2.HI/c1-23-21(24-17-20(27-2)19-9-5-3-6-10-19)25-18-22(11-7-4-8-12-22)26-13-15-28-16-14-26;/h3,5-6,9-10,20H,4,7-8,11-18H2,1-2H3,(H2,23,24,25);1H. The molecule has 0 aromatic heterocycles. The predicted molar refractivity (Wildman–Crippen MR) is 129 cm³/mol. The average molecular weight is 516 g/mol. The van der Waals surface area contributed by atoms with Gasteiger partial charge < -0.3 is 20.1 Å². The Morgan fingerprint density at radius 3 is 2.45 bits per heavy atom. The molecule has 0 bridgehead atoms. The van der Waals surface area contributed by atoms with Crippen LogP contribution in [0.25, 0.3) is 0 Å². The molecule has 3 rings (SSSR count). The number of hydrogen-bond acceptors (Lipinski definition) is 4. The fraction of sp³-hybridized carbons (Fsp3) is 0.682. The zero-order valence-electron chi connectivity index (χ0n) is 17.9. The highest BCUT2D eigenvalue weighted by Crippen LogP contribution is 2.33. The highest BCUT2D eigenvalue weighted by Gasteiger charge is 2.38. The Kier molecular flexibility index (Phi) is 10.7. The van der Waals surface area contributed by atoms with Crippen molar-refractivity contribution in [3.05, 3.63) is 35.9 Å². The number of rotatable bonds is 7. The fourth-order valence-electron chi connectivity index (χ4n) is 4.52. The largest absolute Gasteiger partial charge is 0.379 e. The Hall–Kier alpha value is -0.900. The summed E-state index contributed by atoms with van der Waals surface area (Å²) in [5.74, 6) is 0.844. The van der Waals surface area contributed by atoms with Gasteiger partial charge in [0, 0.05) is 45.9 Å². The van der Waals surface area contributed by atoms with Crippen LogP contribution in [0.1, 0.15) is 43.8 Å². The lowest BCUT2D eigenvalue weighted by Gasteiger charge is -2.48. The molecule has 0 radical (unpaired) electrons. The zero-order chi connectivity index (χ0) is 19.7. The van der Waals surface area contributed by atoms with Gasteiger partial charge in [-0.05, 0) is 18.4 Å². The Labute approximate surface area is 192 Å². The molecule has 1 heterocycles. The third kappa shape index (κ3) is 6.80. The van der Waals surface area contributed by atoms with Gasteiger partial charge in [0.05, 0.1) is 19.3 Å². The van der Waals surface area contributed by atoms with Crippen molar-refractivity contribution in [2.24, 2.45) is 4.99 Å². The van der Waals surface area contributed by atoms with Crippen molar-refractivity contribution in [2.75, 3.05) is 53.6 Å². The molecule has 6 nitrogen and oxygen atoms in total. The molecule has 1 saturated carbocycles. The first-order valence-corrected chi connectivity index (χ1v) is 10.6. The van der Waals surface area contributed by atoms with Crippen molar-refractivity contribution in [3.63, 3.8) is 0 Å². The minimum Gasteiger partial charge on any atom is -0.379 e. The quantitative estimate of drug-likeness (QED) is 0.331. The Balaban J connectivity index is 0.00000300. The van der Waals surface area contributed by atoms with E-state index in [0.717, 1.165) is 38.8 Å². The van der Waals surface area contributed by atoms with E-state index in [0.29, 0.717) is 6.54 Å². The van der Waals surface area contributed by atoms with Crippen LogP contribution in [0.15, 0.2) is 35.3 Å². The van der Waals surface area contributed by atoms with Crippen molar-refractivity contribution >= 4 is 29.9 Å². The highest BCUT2D eigenvalue weighted by atomic mass is 127. The Morgan fingerprint density at radius 1 is 1.14 bits per heavy atom. The maximum atomic E-state index is 5.67. The highest BCUT2D eigenvalue weighted by molar-refractivity contribution is 14.0. The fourth-order valence-corrected chi connectivity index (χ4v) is 4.52. The summed E-state index contributed by atoms with van der Waals surface area (Å²) in [6.07, 6.45) is 6.48. The third-order valence-corrected chi connectivity index (χ3v) is 6.19. The van der Waals surface area contributed by atoms with Gasteiger partial charge in [-0.1, -0.05) is 49.6 Å². The van der Waals surface area contributed by atoms with Gasteiger partial charge in [-0.3, -0.25) is 9.89 Å². The number of nitrogens with zero attached hydrogens (tertiary/aromatic N) is 2. The normalized spacial score (nSPS) is 21.1. The van der Waals surface area contributed by atoms with Crippen LogP contribution in [-0.2, 0) is 9.47 Å². The van der Waals surface area contributed by atoms with Crippen molar-refractivity contribution in [3.8, 4) is 0 Å². The van der Waals surface area contributed by atoms with Crippen LogP contribution in [0.2, 0.25) is 0 Å². The molecule has 7 heteroatoms. The first-order chi connectivity index (χ1) is 13.8. The lowest BCUT2D eigenvalue weighted by atomic mass is 9.80. The molecular weight excluding hydrogens is 479 g/mol. The van der Waals surface area contributed by atoms with Gasteiger partial charge in [-0.2, -0.15) is 0 Å². The molecule has 1 aromatic carbocycles. The van der Waals surface area contributed by atoms with E-state index < -0.39 is 0 Å². The van der Waals surface area contributed by atoms with Crippen LogP contribution >= 0.6 is 24.0 Å². The van der Waals surface area contributed by atoms with Gasteiger partial charge >= 0.3 is 0 Å². The number of halogens is 1. The minimum atomic E-state index is 0. The summed E-state index contributed by atoms with van der Waals surface area (Å²) in [6, 6.07) is 10.3. The first-order valence-electron chi connectivity index (χ1n) is 10.6. The summed E-state index contributed by atoms with van der Waals surface area (Å²) in [7, 11) is 3.59. The number of morpholine rings is 1. The summed E-state index contributed by atoms with van der Waals surface area (Å²) in [5.41, 5.74) is 1.39. The van der Waals surface area contributed by atoms with Crippen molar-refractivity contribution in [1.29, 1.82) is 0 Å². The van der Waals surface area contributed by atoms with E-state index in [9.17, 15) is 0 Å². The van der Waals surface area contributed by atoms with Gasteiger partial charge in [0.1, 0.15) is 0 Å². The van der Waals surface area contributed by atoms with Gasteiger partial charge in [0.25, 0.3) is 0 Å². The molecule has 1 aromatic rings. The maximum Gasteiger partial charge on any atom is 0.191 e. The number of ether oxygens (including phenoxy) is 2. The van der Waals surface area contributed by atoms with E-state index in [1.165, 1.54) is 37.7 Å². The van der Waals surface area contributed by atoms with E-state index in [1.807, 2.05) is 25.2 Å². The van der Waals surface area contributed by atoms with Gasteiger partial charge in [-0.25, -0.2) is 0 Å². The average Bonchev–Trinajstić information content (AvgIpc) is 2.78. The molecule has 1 saturated heterocycles. The molecule has 29 heavy (non-hydrogen) atoms. The number of hydrogen-bond donors (Lipinski definition) is 2. The number of benzene rings is 1. The van der Waals surface area contributed by atoms with Crippen molar-refractivity contribution < 1.29 is 9.47 Å². The minimum absolute atomic E-state index is 0. The molecule has 2 fully saturated rings. The zero-order valence-corrected chi connectivity index (χ0v) is 20.2. The van der Waals surface area contributed by atoms with Crippen LogP contribution in [0.3, 0.4) is 0 Å². The molecular formula is C22H37IN4O2. The van der Waals surface area contributed by atoms with Crippen LogP contribution < -0.4 is 10.6 Å². The molecule has 1 aliphatic heterocycles. The molecule has 1 aliphatic carbocycles. The molecule has 2 N–H and O–H groups in total. The van der Waals surface area contributed by atoms with Crippen molar-refractivity contribution in [2.45, 2.75) is 43.7 Å². The SMILES string of the molecule is CN=C(NCC(OC)c1ccccc1)NCC1(N2CCOCC2)CCCCC1.I. The maximum absolute atomic E-state index is 5.67. The molecule has 164 valence electrons. The van der Waals surface area contributed by atoms with E-state index in [4.69, 9.17) is 9.47 Å². The number of nitrogens with one attached hydrogen (secondary N) is 2. The second kappa shape index (κ2) is 12.7. The summed E-state index contributed by atoms with van der Waals surface area (Å²) >= 11 is 0. The van der Waals surface area contributed by atoms with Crippen LogP contribution in [0.5, 0.6) is 0 Å². The summed E-state index contributed by atoms with van der Waals surface area (Å²) in [4.78, 5) is 7.09. The Bertz CT molecular complexity index is 602. The topological polar surface area (TPSA) is 58.1 Å². The van der Waals surface area contributed by atoms with E-state index in [1.54, 1.807) is 7.11 Å². The smallest absolute Gasteiger partial charge is 0.191 e. The van der Waals surface area contributed by atoms with Gasteiger partial charge in [0.2, 0.25) is 0 Å². The molecule has 2 aliphatic rings. The lowest BCUT2D eigenvalue weighted by Crippen LogP contribution is -2.60. The van der Waals surface area contributed by atoms with E-state index in [2.05, 4.69) is 32.7 Å². The number of aliphatic imine (C=N–C) groups is 1. The molecule has 1 atom stereocenters. The monoisotopic (exact) mass is 516 g/mol. The Morgan fingerprint density at radius 2 is 1.83 bits per heavy atom. The van der Waals surface area contributed by atoms with E-state index in [-0.39, 0.29) is 35.6 Å². The van der Waals surface area contributed by atoms with Gasteiger partial charge in [0.15, 0.2) is 5.96 Å². The summed E-state index contributed by atoms with van der Waals surface area (Å²) in [6.45, 7) is 5.38. The van der Waals surface area contributed by atoms with Crippen LogP contribution in [-0.4, -0.2) is 69.9 Å². The molecule has 0 amide bonds. The first kappa shape index (κ1) is 24.4. The van der Waals surface area contributed by atoms with Gasteiger partial charge in [-0.15, -0.1) is 24.0 Å². The lowest BCUT2D eigenvalue weighted by molar-refractivity contribution is -0.0352. The third-order valence-electron chi connectivity index (χ3n) is 6.19. The number of methoxy groups -OCH3 is 1. The summed E-state index contributed by atoms with van der Waals surface area (Å²) in [5, 5.41) is 7.06. The molecule has 1 unspecified atom stereocenters.